The molecule has 2 N–H and O–H groups in total. The van der Waals surface area contributed by atoms with E-state index in [0.717, 1.165) is 17.9 Å². The van der Waals surface area contributed by atoms with Crippen molar-refractivity contribution in [2.45, 2.75) is 6.10 Å². The molecule has 1 atom stereocenters. The lowest BCUT2D eigenvalue weighted by molar-refractivity contribution is -0.128. The molecule has 112 valence electrons. The van der Waals surface area contributed by atoms with Gasteiger partial charge in [0, 0.05) is 31.2 Å². The van der Waals surface area contributed by atoms with Crippen molar-refractivity contribution in [3.05, 3.63) is 42.7 Å². The number of rotatable bonds is 3. The van der Waals surface area contributed by atoms with Crippen LogP contribution in [0.15, 0.2) is 42.7 Å². The standard InChI is InChI=1S/C14H16N4O2.ClH/c19-14(13-10-15-7-9-20-13)17-11-2-4-12(5-3-11)18-8-1-6-16-18;/h1-6,8,13,15H,7,9-10H2,(H,17,19);1H. The van der Waals surface area contributed by atoms with Gasteiger partial charge in [0.2, 0.25) is 0 Å². The van der Waals surface area contributed by atoms with Crippen molar-refractivity contribution in [1.29, 1.82) is 0 Å². The van der Waals surface area contributed by atoms with Crippen LogP contribution < -0.4 is 10.6 Å². The third-order valence-electron chi connectivity index (χ3n) is 3.12. The predicted molar refractivity (Wildman–Crippen MR) is 82.1 cm³/mol. The second-order valence-corrected chi connectivity index (χ2v) is 4.55. The van der Waals surface area contributed by atoms with Gasteiger partial charge < -0.3 is 15.4 Å². The first-order valence-electron chi connectivity index (χ1n) is 6.56. The SMILES string of the molecule is Cl.O=C(Nc1ccc(-n2cccn2)cc1)C1CNCCO1. The van der Waals surface area contributed by atoms with Crippen LogP contribution in [0.25, 0.3) is 5.69 Å². The Morgan fingerprint density at radius 1 is 1.38 bits per heavy atom. The molecule has 0 radical (unpaired) electrons. The molecule has 2 aromatic rings. The fourth-order valence-electron chi connectivity index (χ4n) is 2.08. The Kier molecular flexibility index (Phi) is 5.32. The van der Waals surface area contributed by atoms with E-state index < -0.39 is 6.10 Å². The summed E-state index contributed by atoms with van der Waals surface area (Å²) in [4.78, 5) is 12.0. The Morgan fingerprint density at radius 2 is 2.19 bits per heavy atom. The summed E-state index contributed by atoms with van der Waals surface area (Å²) >= 11 is 0. The molecule has 1 amide bonds. The Balaban J connectivity index is 0.00000161. The summed E-state index contributed by atoms with van der Waals surface area (Å²) in [6.45, 7) is 1.91. The molecule has 0 bridgehead atoms. The summed E-state index contributed by atoms with van der Waals surface area (Å²) < 4.78 is 7.17. The normalized spacial score (nSPS) is 17.8. The van der Waals surface area contributed by atoms with Crippen molar-refractivity contribution in [3.8, 4) is 5.69 Å². The highest BCUT2D eigenvalue weighted by Crippen LogP contribution is 2.13. The second-order valence-electron chi connectivity index (χ2n) is 4.55. The number of amides is 1. The number of halogens is 1. The number of carbonyl (C=O) groups excluding carboxylic acids is 1. The summed E-state index contributed by atoms with van der Waals surface area (Å²) in [5, 5.41) is 10.1. The molecule has 1 aromatic carbocycles. The number of nitrogens with one attached hydrogen (secondary N) is 2. The zero-order valence-electron chi connectivity index (χ0n) is 11.4. The zero-order valence-corrected chi connectivity index (χ0v) is 12.2. The van der Waals surface area contributed by atoms with Gasteiger partial charge in [0.15, 0.2) is 0 Å². The number of anilines is 1. The van der Waals surface area contributed by atoms with Crippen molar-refractivity contribution in [3.63, 3.8) is 0 Å². The molecule has 1 fully saturated rings. The number of carbonyl (C=O) groups is 1. The zero-order chi connectivity index (χ0) is 13.8. The third-order valence-corrected chi connectivity index (χ3v) is 3.12. The lowest BCUT2D eigenvalue weighted by atomic mass is 10.2. The number of morpholine rings is 1. The highest BCUT2D eigenvalue weighted by molar-refractivity contribution is 5.94. The van der Waals surface area contributed by atoms with E-state index >= 15 is 0 Å². The van der Waals surface area contributed by atoms with Crippen molar-refractivity contribution < 1.29 is 9.53 Å². The molecule has 0 aliphatic carbocycles. The maximum Gasteiger partial charge on any atom is 0.254 e. The number of hydrogen-bond donors (Lipinski definition) is 2. The largest absolute Gasteiger partial charge is 0.366 e. The molecule has 2 heterocycles. The molecule has 6 nitrogen and oxygen atoms in total. The van der Waals surface area contributed by atoms with Crippen LogP contribution in [0.1, 0.15) is 0 Å². The molecule has 3 rings (SSSR count). The van der Waals surface area contributed by atoms with Crippen LogP contribution in [-0.2, 0) is 9.53 Å². The molecular weight excluding hydrogens is 292 g/mol. The molecule has 1 aliphatic heterocycles. The maximum atomic E-state index is 12.0. The van der Waals surface area contributed by atoms with E-state index in [4.69, 9.17) is 4.74 Å². The van der Waals surface area contributed by atoms with E-state index in [1.54, 1.807) is 10.9 Å². The Bertz CT molecular complexity index is 565. The molecular formula is C14H17ClN4O2. The Hall–Kier alpha value is -1.89. The minimum Gasteiger partial charge on any atom is -0.366 e. The van der Waals surface area contributed by atoms with Crippen LogP contribution in [0.4, 0.5) is 5.69 Å². The van der Waals surface area contributed by atoms with Gasteiger partial charge in [-0.3, -0.25) is 4.79 Å². The molecule has 1 saturated heterocycles. The van der Waals surface area contributed by atoms with Crippen LogP contribution in [0, 0.1) is 0 Å². The van der Waals surface area contributed by atoms with Gasteiger partial charge in [0.1, 0.15) is 6.10 Å². The van der Waals surface area contributed by atoms with Gasteiger partial charge in [-0.15, -0.1) is 12.4 Å². The minimum atomic E-state index is -0.422. The topological polar surface area (TPSA) is 68.2 Å². The van der Waals surface area contributed by atoms with E-state index in [1.165, 1.54) is 0 Å². The molecule has 1 unspecified atom stereocenters. The molecule has 1 aliphatic rings. The van der Waals surface area contributed by atoms with Gasteiger partial charge in [-0.1, -0.05) is 0 Å². The fourth-order valence-corrected chi connectivity index (χ4v) is 2.08. The van der Waals surface area contributed by atoms with Gasteiger partial charge in [-0.2, -0.15) is 5.10 Å². The summed E-state index contributed by atoms with van der Waals surface area (Å²) in [6.07, 6.45) is 3.17. The Morgan fingerprint density at radius 3 is 2.81 bits per heavy atom. The number of benzene rings is 1. The summed E-state index contributed by atoms with van der Waals surface area (Å²) in [7, 11) is 0. The quantitative estimate of drug-likeness (QED) is 0.894. The molecule has 0 saturated carbocycles. The number of nitrogens with zero attached hydrogens (tertiary/aromatic N) is 2. The van der Waals surface area contributed by atoms with E-state index in [-0.39, 0.29) is 18.3 Å². The van der Waals surface area contributed by atoms with Crippen LogP contribution >= 0.6 is 12.4 Å². The van der Waals surface area contributed by atoms with E-state index in [2.05, 4.69) is 15.7 Å². The van der Waals surface area contributed by atoms with Crippen LogP contribution in [0.2, 0.25) is 0 Å². The molecule has 1 aromatic heterocycles. The van der Waals surface area contributed by atoms with Crippen LogP contribution in [0.3, 0.4) is 0 Å². The first-order chi connectivity index (χ1) is 9.83. The average Bonchev–Trinajstić information content (AvgIpc) is 3.03. The second kappa shape index (κ2) is 7.21. The van der Waals surface area contributed by atoms with Crippen LogP contribution in [-0.4, -0.2) is 41.5 Å². The number of ether oxygens (including phenoxy) is 1. The first kappa shape index (κ1) is 15.5. The van der Waals surface area contributed by atoms with Gasteiger partial charge in [0.25, 0.3) is 5.91 Å². The van der Waals surface area contributed by atoms with Crippen molar-refractivity contribution >= 4 is 24.0 Å². The van der Waals surface area contributed by atoms with Crippen molar-refractivity contribution in [2.75, 3.05) is 25.0 Å². The van der Waals surface area contributed by atoms with Crippen molar-refractivity contribution in [2.24, 2.45) is 0 Å². The monoisotopic (exact) mass is 308 g/mol. The predicted octanol–water partition coefficient (Wildman–Crippen LogP) is 1.22. The van der Waals surface area contributed by atoms with Gasteiger partial charge in [-0.25, -0.2) is 4.68 Å². The maximum absolute atomic E-state index is 12.0. The van der Waals surface area contributed by atoms with E-state index in [9.17, 15) is 4.79 Å². The fraction of sp³-hybridized carbons (Fsp3) is 0.286. The van der Waals surface area contributed by atoms with Gasteiger partial charge >= 0.3 is 0 Å². The highest BCUT2D eigenvalue weighted by atomic mass is 35.5. The van der Waals surface area contributed by atoms with E-state index in [0.29, 0.717) is 13.2 Å². The number of aromatic nitrogens is 2. The summed E-state index contributed by atoms with van der Waals surface area (Å²) in [6, 6.07) is 9.38. The summed E-state index contributed by atoms with van der Waals surface area (Å²) in [5.74, 6) is -0.121. The van der Waals surface area contributed by atoms with Crippen LogP contribution in [0.5, 0.6) is 0 Å². The lowest BCUT2D eigenvalue weighted by Gasteiger charge is -2.22. The highest BCUT2D eigenvalue weighted by Gasteiger charge is 2.21. The minimum absolute atomic E-state index is 0. The Labute approximate surface area is 128 Å². The smallest absolute Gasteiger partial charge is 0.254 e. The lowest BCUT2D eigenvalue weighted by Crippen LogP contribution is -2.45. The van der Waals surface area contributed by atoms with Gasteiger partial charge in [0.05, 0.1) is 12.3 Å². The third kappa shape index (κ3) is 3.81. The molecule has 21 heavy (non-hydrogen) atoms. The first-order valence-corrected chi connectivity index (χ1v) is 6.56. The molecule has 7 heteroatoms. The van der Waals surface area contributed by atoms with Crippen molar-refractivity contribution in [1.82, 2.24) is 15.1 Å². The molecule has 0 spiro atoms. The average molecular weight is 309 g/mol. The number of hydrogen-bond acceptors (Lipinski definition) is 4. The van der Waals surface area contributed by atoms with E-state index in [1.807, 2.05) is 36.5 Å². The summed E-state index contributed by atoms with van der Waals surface area (Å²) in [5.41, 5.74) is 1.70. The van der Waals surface area contributed by atoms with Gasteiger partial charge in [-0.05, 0) is 30.3 Å².